The Bertz CT molecular complexity index is 896. The molecule has 0 fully saturated rings. The summed E-state index contributed by atoms with van der Waals surface area (Å²) in [5.74, 6) is 0.517. The van der Waals surface area contributed by atoms with Crippen molar-refractivity contribution in [3.05, 3.63) is 41.1 Å². The molecular weight excluding hydrogens is 344 g/mol. The highest BCUT2D eigenvalue weighted by Crippen LogP contribution is 2.31. The summed E-state index contributed by atoms with van der Waals surface area (Å²) in [5.41, 5.74) is 3.00. The van der Waals surface area contributed by atoms with Crippen LogP contribution in [0.5, 0.6) is 0 Å². The van der Waals surface area contributed by atoms with Gasteiger partial charge in [-0.1, -0.05) is 0 Å². The molecule has 1 unspecified atom stereocenters. The van der Waals surface area contributed by atoms with E-state index >= 15 is 0 Å². The van der Waals surface area contributed by atoms with E-state index in [2.05, 4.69) is 20.4 Å². The molecule has 0 saturated carbocycles. The Kier molecular flexibility index (Phi) is 4.77. The largest absolute Gasteiger partial charge is 0.521 e. The predicted octanol–water partition coefficient (Wildman–Crippen LogP) is 3.08. The Balaban J connectivity index is 1.80. The summed E-state index contributed by atoms with van der Waals surface area (Å²) in [6, 6.07) is 1.94. The van der Waals surface area contributed by atoms with Crippen molar-refractivity contribution in [3.63, 3.8) is 0 Å². The van der Waals surface area contributed by atoms with Crippen LogP contribution in [0, 0.1) is 0 Å². The summed E-state index contributed by atoms with van der Waals surface area (Å²) in [5, 5.41) is 7.52. The minimum absolute atomic E-state index is 0.0426. The average molecular weight is 371 g/mol. The third-order valence-electron chi connectivity index (χ3n) is 4.50. The molecule has 0 bridgehead atoms. The van der Waals surface area contributed by atoms with Gasteiger partial charge in [0.2, 0.25) is 5.95 Å². The molecule has 2 aromatic rings. The first-order chi connectivity index (χ1) is 12.6. The molecule has 0 aliphatic carbocycles. The number of nitrogens with one attached hydrogen (secondary N) is 1. The molecule has 144 valence electrons. The van der Waals surface area contributed by atoms with Gasteiger partial charge >= 0.3 is 6.09 Å². The number of fused-ring (bicyclic) bond motifs is 1. The van der Waals surface area contributed by atoms with Gasteiger partial charge in [0.05, 0.1) is 19.3 Å². The van der Waals surface area contributed by atoms with Gasteiger partial charge in [0.15, 0.2) is 0 Å². The Hall–Kier alpha value is -2.74. The fraction of sp³-hybridized carbons (Fsp3) is 0.474. The number of hydrogen-bond acceptors (Lipinski definition) is 6. The van der Waals surface area contributed by atoms with Gasteiger partial charge in [-0.2, -0.15) is 14.4 Å². The molecule has 0 spiro atoms. The lowest BCUT2D eigenvalue weighted by Crippen LogP contribution is -2.50. The number of aromatic nitrogens is 4. The van der Waals surface area contributed by atoms with E-state index in [1.54, 1.807) is 10.9 Å². The van der Waals surface area contributed by atoms with E-state index < -0.39 is 5.60 Å². The SMILES string of the molecule is CC1=Cc2cnc(NCc3ccn(C)n3)nc2C[N+]1(C)C(=O)OC(C)(C)C. The average Bonchev–Trinajstić information content (AvgIpc) is 2.98. The molecule has 8 heteroatoms. The summed E-state index contributed by atoms with van der Waals surface area (Å²) in [4.78, 5) is 21.8. The number of carbonyl (C=O) groups excluding carboxylic acids is 1. The predicted molar refractivity (Wildman–Crippen MR) is 102 cm³/mol. The van der Waals surface area contributed by atoms with Crippen LogP contribution in [0.25, 0.3) is 6.08 Å². The lowest BCUT2D eigenvalue weighted by atomic mass is 10.1. The van der Waals surface area contributed by atoms with Crippen molar-refractivity contribution in [2.24, 2.45) is 7.05 Å². The Labute approximate surface area is 159 Å². The van der Waals surface area contributed by atoms with E-state index in [0.717, 1.165) is 22.6 Å². The van der Waals surface area contributed by atoms with Gasteiger partial charge in [-0.15, -0.1) is 0 Å². The summed E-state index contributed by atoms with van der Waals surface area (Å²) < 4.78 is 7.42. The lowest BCUT2D eigenvalue weighted by molar-refractivity contribution is -0.814. The Morgan fingerprint density at radius 1 is 1.41 bits per heavy atom. The zero-order valence-electron chi connectivity index (χ0n) is 16.8. The van der Waals surface area contributed by atoms with E-state index in [-0.39, 0.29) is 10.6 Å². The number of amides is 1. The quantitative estimate of drug-likeness (QED) is 0.835. The van der Waals surface area contributed by atoms with Crippen LogP contribution in [0.4, 0.5) is 10.7 Å². The molecule has 3 rings (SSSR count). The number of allylic oxidation sites excluding steroid dienone is 1. The molecule has 1 aliphatic rings. The smallest absolute Gasteiger partial charge is 0.414 e. The van der Waals surface area contributed by atoms with Crippen LogP contribution >= 0.6 is 0 Å². The van der Waals surface area contributed by atoms with Crippen LogP contribution in [-0.4, -0.2) is 43.0 Å². The first kappa shape index (κ1) is 19.0. The van der Waals surface area contributed by atoms with Gasteiger partial charge in [-0.05, 0) is 26.8 Å². The van der Waals surface area contributed by atoms with Gasteiger partial charge in [0.25, 0.3) is 0 Å². The first-order valence-corrected chi connectivity index (χ1v) is 8.93. The van der Waals surface area contributed by atoms with Crippen LogP contribution in [-0.2, 0) is 24.9 Å². The Morgan fingerprint density at radius 3 is 2.78 bits per heavy atom. The fourth-order valence-electron chi connectivity index (χ4n) is 2.85. The molecule has 1 aliphatic heterocycles. The maximum Gasteiger partial charge on any atom is 0.521 e. The van der Waals surface area contributed by atoms with Crippen LogP contribution in [0.1, 0.15) is 44.6 Å². The molecule has 1 atom stereocenters. The second kappa shape index (κ2) is 6.77. The summed E-state index contributed by atoms with van der Waals surface area (Å²) in [7, 11) is 3.73. The third kappa shape index (κ3) is 4.16. The van der Waals surface area contributed by atoms with E-state index in [4.69, 9.17) is 4.74 Å². The molecular formula is C19H27N6O2+. The van der Waals surface area contributed by atoms with Crippen LogP contribution in [0.15, 0.2) is 24.2 Å². The minimum Gasteiger partial charge on any atom is -0.414 e. The van der Waals surface area contributed by atoms with E-state index in [1.807, 2.05) is 60.1 Å². The second-order valence-corrected chi connectivity index (χ2v) is 8.05. The summed E-state index contributed by atoms with van der Waals surface area (Å²) in [6.45, 7) is 8.50. The maximum absolute atomic E-state index is 12.8. The minimum atomic E-state index is -0.542. The van der Waals surface area contributed by atoms with Crippen molar-refractivity contribution in [3.8, 4) is 0 Å². The van der Waals surface area contributed by atoms with Gasteiger partial charge < -0.3 is 10.1 Å². The number of carbonyl (C=O) groups is 1. The number of rotatable bonds is 3. The molecule has 3 heterocycles. The van der Waals surface area contributed by atoms with Crippen LogP contribution in [0.3, 0.4) is 0 Å². The van der Waals surface area contributed by atoms with Gasteiger partial charge in [0, 0.05) is 38.0 Å². The molecule has 1 N–H and O–H groups in total. The van der Waals surface area contributed by atoms with Crippen molar-refractivity contribution < 1.29 is 14.0 Å². The molecule has 0 aromatic carbocycles. The molecule has 1 amide bonds. The standard InChI is InChI=1S/C19H27N6O2/c1-13-9-14-10-20-17(21-11-15-7-8-24(5)23-15)22-16(14)12-25(13,6)18(26)27-19(2,3)4/h7-10H,11-12H2,1-6H3,(H,20,21,22)/q+1. The van der Waals surface area contributed by atoms with Crippen molar-refractivity contribution in [2.75, 3.05) is 12.4 Å². The number of nitrogens with zero attached hydrogens (tertiary/aromatic N) is 5. The molecule has 0 saturated heterocycles. The highest BCUT2D eigenvalue weighted by molar-refractivity contribution is 5.66. The molecule has 27 heavy (non-hydrogen) atoms. The van der Waals surface area contributed by atoms with Crippen molar-refractivity contribution >= 4 is 18.1 Å². The van der Waals surface area contributed by atoms with Crippen molar-refractivity contribution in [1.82, 2.24) is 19.7 Å². The number of aryl methyl sites for hydroxylation is 1. The fourth-order valence-corrected chi connectivity index (χ4v) is 2.85. The number of hydrogen-bond donors (Lipinski definition) is 1. The third-order valence-corrected chi connectivity index (χ3v) is 4.50. The maximum atomic E-state index is 12.8. The van der Waals surface area contributed by atoms with Crippen molar-refractivity contribution in [1.29, 1.82) is 0 Å². The summed E-state index contributed by atoms with van der Waals surface area (Å²) >= 11 is 0. The normalized spacial score (nSPS) is 19.3. The topological polar surface area (TPSA) is 81.9 Å². The van der Waals surface area contributed by atoms with E-state index in [0.29, 0.717) is 19.0 Å². The zero-order chi connectivity index (χ0) is 19.8. The highest BCUT2D eigenvalue weighted by atomic mass is 16.6. The van der Waals surface area contributed by atoms with Crippen LogP contribution in [0.2, 0.25) is 0 Å². The zero-order valence-corrected chi connectivity index (χ0v) is 16.8. The second-order valence-electron chi connectivity index (χ2n) is 8.05. The Morgan fingerprint density at radius 2 is 2.15 bits per heavy atom. The lowest BCUT2D eigenvalue weighted by Gasteiger charge is -2.35. The van der Waals surface area contributed by atoms with Gasteiger partial charge in [-0.3, -0.25) is 4.68 Å². The number of anilines is 1. The number of ether oxygens (including phenoxy) is 1. The summed E-state index contributed by atoms with van der Waals surface area (Å²) in [6.07, 6.45) is 5.34. The molecule has 0 radical (unpaired) electrons. The van der Waals surface area contributed by atoms with E-state index in [9.17, 15) is 4.79 Å². The first-order valence-electron chi connectivity index (χ1n) is 8.93. The van der Waals surface area contributed by atoms with Gasteiger partial charge in [-0.25, -0.2) is 9.97 Å². The highest BCUT2D eigenvalue weighted by Gasteiger charge is 2.42. The number of quaternary nitrogens is 1. The molecule has 2 aromatic heterocycles. The monoisotopic (exact) mass is 371 g/mol. The van der Waals surface area contributed by atoms with Crippen molar-refractivity contribution in [2.45, 2.75) is 46.4 Å². The molecule has 8 nitrogen and oxygen atoms in total. The van der Waals surface area contributed by atoms with E-state index in [1.165, 1.54) is 0 Å². The van der Waals surface area contributed by atoms with Gasteiger partial charge in [0.1, 0.15) is 23.5 Å². The van der Waals surface area contributed by atoms with Crippen LogP contribution < -0.4 is 5.32 Å².